The number of carbonyl (C=O) groups is 2. The third kappa shape index (κ3) is 3.98. The van der Waals surface area contributed by atoms with E-state index in [1.807, 2.05) is 36.5 Å². The van der Waals surface area contributed by atoms with Crippen LogP contribution in [-0.2, 0) is 13.0 Å². The van der Waals surface area contributed by atoms with Crippen LogP contribution < -0.4 is 5.32 Å². The first-order valence-electron chi connectivity index (χ1n) is 9.87. The molecule has 0 aliphatic carbocycles. The van der Waals surface area contributed by atoms with Crippen LogP contribution in [0, 0.1) is 6.92 Å². The molecule has 1 aliphatic heterocycles. The molecule has 4 rings (SSSR count). The Morgan fingerprint density at radius 1 is 1.22 bits per heavy atom. The van der Waals surface area contributed by atoms with Crippen LogP contribution in [0.1, 0.15) is 43.0 Å². The summed E-state index contributed by atoms with van der Waals surface area (Å²) >= 11 is 0. The summed E-state index contributed by atoms with van der Waals surface area (Å²) in [5, 5.41) is 12.8. The maximum Gasteiger partial charge on any atom is 0.405 e. The van der Waals surface area contributed by atoms with E-state index in [9.17, 15) is 27.9 Å². The van der Waals surface area contributed by atoms with E-state index in [2.05, 4.69) is 4.98 Å². The monoisotopic (exact) mass is 443 g/mol. The maximum atomic E-state index is 12.8. The first-order chi connectivity index (χ1) is 15.0. The highest BCUT2D eigenvalue weighted by Gasteiger charge is 2.36. The maximum absolute atomic E-state index is 12.8. The van der Waals surface area contributed by atoms with Gasteiger partial charge in [0.2, 0.25) is 0 Å². The number of amides is 2. The largest absolute Gasteiger partial charge is 0.505 e. The van der Waals surface area contributed by atoms with Crippen LogP contribution in [0.3, 0.4) is 0 Å². The third-order valence-corrected chi connectivity index (χ3v) is 5.44. The van der Waals surface area contributed by atoms with Gasteiger partial charge in [-0.2, -0.15) is 13.2 Å². The molecule has 1 aliphatic rings. The van der Waals surface area contributed by atoms with Crippen molar-refractivity contribution in [2.45, 2.75) is 26.1 Å². The molecule has 2 aromatic carbocycles. The second-order valence-corrected chi connectivity index (χ2v) is 7.94. The number of fused-ring (bicyclic) bond motifs is 2. The van der Waals surface area contributed by atoms with Gasteiger partial charge in [-0.3, -0.25) is 14.6 Å². The average molecular weight is 443 g/mol. The summed E-state index contributed by atoms with van der Waals surface area (Å²) in [6.07, 6.45) is -2.59. The minimum atomic E-state index is -4.59. The minimum Gasteiger partial charge on any atom is -0.505 e. The summed E-state index contributed by atoms with van der Waals surface area (Å²) in [4.78, 5) is 30.9. The fourth-order valence-corrected chi connectivity index (χ4v) is 3.89. The number of nitrogens with one attached hydrogen (secondary N) is 1. The van der Waals surface area contributed by atoms with Crippen LogP contribution in [0.2, 0.25) is 0 Å². The lowest BCUT2D eigenvalue weighted by atomic mass is 9.94. The number of rotatable bonds is 4. The Kier molecular flexibility index (Phi) is 5.28. The molecule has 0 atom stereocenters. The van der Waals surface area contributed by atoms with E-state index in [1.165, 1.54) is 18.1 Å². The van der Waals surface area contributed by atoms with Crippen molar-refractivity contribution >= 4 is 22.7 Å². The summed E-state index contributed by atoms with van der Waals surface area (Å²) in [5.74, 6) is -1.87. The molecule has 0 unspecified atom stereocenters. The third-order valence-electron chi connectivity index (χ3n) is 5.44. The van der Waals surface area contributed by atoms with Crippen molar-refractivity contribution in [1.29, 1.82) is 0 Å². The minimum absolute atomic E-state index is 0.00258. The lowest BCUT2D eigenvalue weighted by Gasteiger charge is -2.15. The molecular weight excluding hydrogens is 423 g/mol. The Labute approximate surface area is 181 Å². The lowest BCUT2D eigenvalue weighted by molar-refractivity contribution is -0.123. The normalized spacial score (nSPS) is 13.5. The second kappa shape index (κ2) is 7.81. The Morgan fingerprint density at radius 3 is 2.56 bits per heavy atom. The van der Waals surface area contributed by atoms with Gasteiger partial charge in [-0.1, -0.05) is 29.8 Å². The molecule has 1 aromatic heterocycles. The first-order valence-corrected chi connectivity index (χ1v) is 9.87. The number of carbonyl (C=O) groups excluding carboxylic acids is 2. The molecule has 2 N–H and O–H groups in total. The number of aryl methyl sites for hydroxylation is 1. The smallest absolute Gasteiger partial charge is 0.405 e. The highest BCUT2D eigenvalue weighted by atomic mass is 19.4. The van der Waals surface area contributed by atoms with Crippen LogP contribution in [-0.4, -0.2) is 46.6 Å². The SMILES string of the molecule is Cc1ccc(Cc2cnc3c(O)c4c(c(C(=O)NCC(F)(F)F)c3c2)CN(C)C4=O)cc1. The molecule has 166 valence electrons. The molecule has 3 aromatic rings. The number of aromatic nitrogens is 1. The number of phenols is 1. The van der Waals surface area contributed by atoms with E-state index in [4.69, 9.17) is 0 Å². The van der Waals surface area contributed by atoms with Gasteiger partial charge in [-0.25, -0.2) is 0 Å². The topological polar surface area (TPSA) is 82.5 Å². The molecule has 0 fully saturated rings. The van der Waals surface area contributed by atoms with Crippen molar-refractivity contribution in [1.82, 2.24) is 15.2 Å². The molecular formula is C23H20F3N3O3. The van der Waals surface area contributed by atoms with Gasteiger partial charge in [0.1, 0.15) is 12.1 Å². The molecule has 6 nitrogen and oxygen atoms in total. The molecule has 0 saturated heterocycles. The first kappa shape index (κ1) is 21.6. The van der Waals surface area contributed by atoms with Gasteiger partial charge in [-0.05, 0) is 30.5 Å². The van der Waals surface area contributed by atoms with E-state index < -0.39 is 24.5 Å². The van der Waals surface area contributed by atoms with Gasteiger partial charge in [0, 0.05) is 30.7 Å². The zero-order chi connectivity index (χ0) is 23.2. The Hall–Kier alpha value is -3.62. The Balaban J connectivity index is 1.86. The standard InChI is InChI=1S/C23H20F3N3O3/c1-12-3-5-13(6-4-12)7-14-8-15-17(21(31)28-11-23(24,25)26)16-10-29(2)22(32)18(16)20(30)19(15)27-9-14/h3-6,8-9,30H,7,10-11H2,1-2H3,(H,28,31). The van der Waals surface area contributed by atoms with Crippen molar-refractivity contribution in [2.75, 3.05) is 13.6 Å². The van der Waals surface area contributed by atoms with Crippen LogP contribution in [0.15, 0.2) is 36.5 Å². The number of phenolic OH excluding ortho intramolecular Hbond substituents is 1. The fraction of sp³-hybridized carbons (Fsp3) is 0.261. The van der Waals surface area contributed by atoms with Crippen LogP contribution in [0.25, 0.3) is 10.9 Å². The van der Waals surface area contributed by atoms with Gasteiger partial charge < -0.3 is 15.3 Å². The van der Waals surface area contributed by atoms with Crippen LogP contribution >= 0.6 is 0 Å². The average Bonchev–Trinajstić information content (AvgIpc) is 3.02. The van der Waals surface area contributed by atoms with Crippen LogP contribution in [0.5, 0.6) is 5.75 Å². The van der Waals surface area contributed by atoms with Gasteiger partial charge in [0.25, 0.3) is 11.8 Å². The van der Waals surface area contributed by atoms with E-state index in [0.717, 1.165) is 11.1 Å². The van der Waals surface area contributed by atoms with Crippen molar-refractivity contribution < 1.29 is 27.9 Å². The van der Waals surface area contributed by atoms with Gasteiger partial charge in [0.15, 0.2) is 5.75 Å². The van der Waals surface area contributed by atoms with Gasteiger partial charge >= 0.3 is 6.18 Å². The number of benzene rings is 2. The van der Waals surface area contributed by atoms with Gasteiger partial charge in [-0.15, -0.1) is 0 Å². The van der Waals surface area contributed by atoms with Crippen molar-refractivity contribution in [3.63, 3.8) is 0 Å². The van der Waals surface area contributed by atoms with Crippen molar-refractivity contribution in [3.8, 4) is 5.75 Å². The molecule has 0 spiro atoms. The lowest BCUT2D eigenvalue weighted by Crippen LogP contribution is -2.34. The van der Waals surface area contributed by atoms with Crippen LogP contribution in [0.4, 0.5) is 13.2 Å². The highest BCUT2D eigenvalue weighted by Crippen LogP contribution is 2.39. The Bertz CT molecular complexity index is 1240. The van der Waals surface area contributed by atoms with E-state index in [1.54, 1.807) is 6.07 Å². The van der Waals surface area contributed by atoms with E-state index >= 15 is 0 Å². The van der Waals surface area contributed by atoms with Crippen molar-refractivity contribution in [3.05, 3.63) is 69.9 Å². The second-order valence-electron chi connectivity index (χ2n) is 7.94. The van der Waals surface area contributed by atoms with Crippen molar-refractivity contribution in [2.24, 2.45) is 0 Å². The molecule has 9 heteroatoms. The van der Waals surface area contributed by atoms with E-state index in [-0.39, 0.29) is 39.9 Å². The highest BCUT2D eigenvalue weighted by molar-refractivity contribution is 6.15. The van der Waals surface area contributed by atoms with E-state index in [0.29, 0.717) is 12.0 Å². The summed E-state index contributed by atoms with van der Waals surface area (Å²) in [6.45, 7) is 0.451. The molecule has 32 heavy (non-hydrogen) atoms. The summed E-state index contributed by atoms with van der Waals surface area (Å²) in [6, 6.07) is 9.45. The molecule has 0 bridgehead atoms. The molecule has 0 saturated carbocycles. The fourth-order valence-electron chi connectivity index (χ4n) is 3.89. The quantitative estimate of drug-likeness (QED) is 0.644. The predicted molar refractivity (Wildman–Crippen MR) is 112 cm³/mol. The Morgan fingerprint density at radius 2 is 1.91 bits per heavy atom. The number of halogens is 3. The molecule has 2 heterocycles. The summed E-state index contributed by atoms with van der Waals surface area (Å²) in [7, 11) is 1.49. The zero-order valence-electron chi connectivity index (χ0n) is 17.4. The molecule has 0 radical (unpaired) electrons. The predicted octanol–water partition coefficient (Wildman–Crippen LogP) is 3.72. The zero-order valence-corrected chi connectivity index (χ0v) is 17.4. The van der Waals surface area contributed by atoms with Gasteiger partial charge in [0.05, 0.1) is 11.1 Å². The number of hydrogen-bond donors (Lipinski definition) is 2. The number of aromatic hydroxyl groups is 1. The number of pyridine rings is 1. The number of hydrogen-bond acceptors (Lipinski definition) is 4. The summed E-state index contributed by atoms with van der Waals surface area (Å²) < 4.78 is 38.1. The summed E-state index contributed by atoms with van der Waals surface area (Å²) in [5.41, 5.74) is 2.81. The molecule has 2 amide bonds. The number of nitrogens with zero attached hydrogens (tertiary/aromatic N) is 2. The number of alkyl halides is 3.